The fourth-order valence-electron chi connectivity index (χ4n) is 2.19. The Balaban J connectivity index is 2.06. The van der Waals surface area contributed by atoms with Crippen LogP contribution in [-0.4, -0.2) is 23.2 Å². The summed E-state index contributed by atoms with van der Waals surface area (Å²) in [5, 5.41) is 7.23. The highest BCUT2D eigenvalue weighted by Gasteiger charge is 2.24. The zero-order chi connectivity index (χ0) is 14.6. The number of hydrogen-bond acceptors (Lipinski definition) is 4. The molecule has 4 heteroatoms. The van der Waals surface area contributed by atoms with Crippen LogP contribution in [0.15, 0.2) is 34.9 Å². The molecule has 1 aromatic carbocycles. The van der Waals surface area contributed by atoms with Crippen molar-refractivity contribution in [3.05, 3.63) is 47.6 Å². The van der Waals surface area contributed by atoms with E-state index in [1.165, 1.54) is 5.56 Å². The van der Waals surface area contributed by atoms with Crippen LogP contribution in [0.1, 0.15) is 38.0 Å². The van der Waals surface area contributed by atoms with E-state index in [-0.39, 0.29) is 5.41 Å². The van der Waals surface area contributed by atoms with Crippen LogP contribution in [-0.2, 0) is 18.3 Å². The van der Waals surface area contributed by atoms with Gasteiger partial charge < -0.3 is 9.84 Å². The van der Waals surface area contributed by atoms with Gasteiger partial charge in [-0.2, -0.15) is 4.98 Å². The van der Waals surface area contributed by atoms with Gasteiger partial charge >= 0.3 is 0 Å². The number of aromatic nitrogens is 2. The highest BCUT2D eigenvalue weighted by molar-refractivity contribution is 5.24. The summed E-state index contributed by atoms with van der Waals surface area (Å²) in [6.45, 7) is 6.49. The van der Waals surface area contributed by atoms with Crippen LogP contribution in [0.25, 0.3) is 0 Å². The average molecular weight is 273 g/mol. The first-order valence-electron chi connectivity index (χ1n) is 7.05. The van der Waals surface area contributed by atoms with Crippen LogP contribution in [0.3, 0.4) is 0 Å². The van der Waals surface area contributed by atoms with E-state index in [4.69, 9.17) is 4.52 Å². The molecule has 0 saturated carbocycles. The minimum atomic E-state index is -0.0142. The summed E-state index contributed by atoms with van der Waals surface area (Å²) >= 11 is 0. The Labute approximate surface area is 120 Å². The minimum absolute atomic E-state index is 0.0142. The number of hydrogen-bond donors (Lipinski definition) is 1. The summed E-state index contributed by atoms with van der Waals surface area (Å²) < 4.78 is 5.38. The average Bonchev–Trinajstić information content (AvgIpc) is 2.86. The van der Waals surface area contributed by atoms with Gasteiger partial charge in [0, 0.05) is 18.9 Å². The molecule has 0 bridgehead atoms. The van der Waals surface area contributed by atoms with E-state index in [0.29, 0.717) is 11.9 Å². The molecule has 2 aromatic rings. The number of benzene rings is 1. The highest BCUT2D eigenvalue weighted by atomic mass is 16.5. The lowest BCUT2D eigenvalue weighted by Crippen LogP contribution is -2.24. The van der Waals surface area contributed by atoms with Crippen molar-refractivity contribution in [3.63, 3.8) is 0 Å². The Kier molecular flexibility index (Phi) is 4.55. The first-order valence-corrected chi connectivity index (χ1v) is 7.05. The summed E-state index contributed by atoms with van der Waals surface area (Å²) in [5.74, 6) is 1.47. The lowest BCUT2D eigenvalue weighted by Gasteiger charge is -2.23. The third kappa shape index (κ3) is 3.67. The van der Waals surface area contributed by atoms with E-state index in [1.54, 1.807) is 0 Å². The van der Waals surface area contributed by atoms with E-state index in [1.807, 2.05) is 13.1 Å². The molecule has 1 aromatic heterocycles. The van der Waals surface area contributed by atoms with Crippen molar-refractivity contribution >= 4 is 0 Å². The molecule has 1 heterocycles. The van der Waals surface area contributed by atoms with Crippen molar-refractivity contribution in [2.24, 2.45) is 0 Å². The van der Waals surface area contributed by atoms with Crippen LogP contribution in [0.4, 0.5) is 0 Å². The SMILES string of the molecule is CNC(C)Cc1noc(CC(C)(C)c2ccccc2)n1. The van der Waals surface area contributed by atoms with Gasteiger partial charge in [0.05, 0.1) is 0 Å². The fourth-order valence-corrected chi connectivity index (χ4v) is 2.19. The van der Waals surface area contributed by atoms with Gasteiger partial charge in [-0.3, -0.25) is 0 Å². The second-order valence-electron chi connectivity index (χ2n) is 5.92. The first kappa shape index (κ1) is 14.7. The predicted octanol–water partition coefficient (Wildman–Crippen LogP) is 2.74. The van der Waals surface area contributed by atoms with Gasteiger partial charge in [0.15, 0.2) is 5.82 Å². The summed E-state index contributed by atoms with van der Waals surface area (Å²) in [5.41, 5.74) is 1.27. The van der Waals surface area contributed by atoms with Crippen molar-refractivity contribution in [1.82, 2.24) is 15.5 Å². The van der Waals surface area contributed by atoms with E-state index in [9.17, 15) is 0 Å². The third-order valence-corrected chi connectivity index (χ3v) is 3.64. The van der Waals surface area contributed by atoms with E-state index in [2.05, 4.69) is 60.5 Å². The number of nitrogens with one attached hydrogen (secondary N) is 1. The Morgan fingerprint density at radius 3 is 2.60 bits per heavy atom. The van der Waals surface area contributed by atoms with Gasteiger partial charge in [0.25, 0.3) is 0 Å². The number of nitrogens with zero attached hydrogens (tertiary/aromatic N) is 2. The normalized spacial score (nSPS) is 13.4. The molecule has 20 heavy (non-hydrogen) atoms. The van der Waals surface area contributed by atoms with Crippen molar-refractivity contribution in [1.29, 1.82) is 0 Å². The second kappa shape index (κ2) is 6.18. The number of rotatable bonds is 6. The molecular formula is C16H23N3O. The van der Waals surface area contributed by atoms with Gasteiger partial charge in [-0.15, -0.1) is 0 Å². The first-order chi connectivity index (χ1) is 9.51. The van der Waals surface area contributed by atoms with Crippen LogP contribution in [0.5, 0.6) is 0 Å². The molecule has 0 aliphatic rings. The molecule has 0 amide bonds. The highest BCUT2D eigenvalue weighted by Crippen LogP contribution is 2.26. The molecule has 1 unspecified atom stereocenters. The van der Waals surface area contributed by atoms with Crippen molar-refractivity contribution < 1.29 is 4.52 Å². The summed E-state index contributed by atoms with van der Waals surface area (Å²) in [6.07, 6.45) is 1.53. The molecule has 0 aliphatic carbocycles. The summed E-state index contributed by atoms with van der Waals surface area (Å²) in [6, 6.07) is 10.8. The monoisotopic (exact) mass is 273 g/mol. The smallest absolute Gasteiger partial charge is 0.227 e. The largest absolute Gasteiger partial charge is 0.339 e. The molecule has 0 radical (unpaired) electrons. The van der Waals surface area contributed by atoms with Crippen molar-refractivity contribution in [3.8, 4) is 0 Å². The molecule has 2 rings (SSSR count). The summed E-state index contributed by atoms with van der Waals surface area (Å²) in [7, 11) is 1.93. The van der Waals surface area contributed by atoms with E-state index < -0.39 is 0 Å². The van der Waals surface area contributed by atoms with Gasteiger partial charge in [-0.25, -0.2) is 0 Å². The molecule has 108 valence electrons. The fraction of sp³-hybridized carbons (Fsp3) is 0.500. The maximum atomic E-state index is 5.38. The van der Waals surface area contributed by atoms with Crippen molar-refractivity contribution in [2.45, 2.75) is 45.1 Å². The van der Waals surface area contributed by atoms with Crippen LogP contribution >= 0.6 is 0 Å². The van der Waals surface area contributed by atoms with Gasteiger partial charge in [-0.05, 0) is 24.9 Å². The summed E-state index contributed by atoms with van der Waals surface area (Å²) in [4.78, 5) is 4.49. The Bertz CT molecular complexity index is 534. The van der Waals surface area contributed by atoms with Gasteiger partial charge in [0.1, 0.15) is 0 Å². The quantitative estimate of drug-likeness (QED) is 0.879. The lowest BCUT2D eigenvalue weighted by molar-refractivity contribution is 0.343. The van der Waals surface area contributed by atoms with Crippen LogP contribution in [0.2, 0.25) is 0 Å². The Morgan fingerprint density at radius 2 is 1.95 bits per heavy atom. The molecule has 0 aliphatic heterocycles. The zero-order valence-corrected chi connectivity index (χ0v) is 12.7. The molecule has 4 nitrogen and oxygen atoms in total. The van der Waals surface area contributed by atoms with E-state index in [0.717, 1.165) is 18.7 Å². The molecular weight excluding hydrogens is 250 g/mol. The molecule has 0 spiro atoms. The number of likely N-dealkylation sites (N-methyl/N-ethyl adjacent to an activating group) is 1. The molecule has 1 atom stereocenters. The molecule has 0 saturated heterocycles. The van der Waals surface area contributed by atoms with Crippen molar-refractivity contribution in [2.75, 3.05) is 7.05 Å². The maximum absolute atomic E-state index is 5.38. The van der Waals surface area contributed by atoms with E-state index >= 15 is 0 Å². The Hall–Kier alpha value is -1.68. The second-order valence-corrected chi connectivity index (χ2v) is 5.92. The van der Waals surface area contributed by atoms with Crippen LogP contribution < -0.4 is 5.32 Å². The zero-order valence-electron chi connectivity index (χ0n) is 12.7. The predicted molar refractivity (Wildman–Crippen MR) is 79.7 cm³/mol. The lowest BCUT2D eigenvalue weighted by atomic mass is 9.81. The minimum Gasteiger partial charge on any atom is -0.339 e. The molecule has 0 fully saturated rings. The Morgan fingerprint density at radius 1 is 1.25 bits per heavy atom. The standard InChI is InChI=1S/C16H23N3O/c1-12(17-4)10-14-18-15(20-19-14)11-16(2,3)13-8-6-5-7-9-13/h5-9,12,17H,10-11H2,1-4H3. The third-order valence-electron chi connectivity index (χ3n) is 3.64. The van der Waals surface area contributed by atoms with Crippen LogP contribution in [0, 0.1) is 0 Å². The van der Waals surface area contributed by atoms with Gasteiger partial charge in [0.2, 0.25) is 5.89 Å². The topological polar surface area (TPSA) is 51.0 Å². The van der Waals surface area contributed by atoms with Gasteiger partial charge in [-0.1, -0.05) is 49.3 Å². The molecule has 1 N–H and O–H groups in total. The maximum Gasteiger partial charge on any atom is 0.227 e.